The minimum Gasteiger partial charge on any atom is -0.468 e. The van der Waals surface area contributed by atoms with Crippen LogP contribution in [-0.2, 0) is 6.54 Å². The molecule has 0 radical (unpaired) electrons. The predicted octanol–water partition coefficient (Wildman–Crippen LogP) is 4.56. The Morgan fingerprint density at radius 1 is 1.03 bits per heavy atom. The molecule has 0 spiro atoms. The average molecular weight is 498 g/mol. The smallest absolute Gasteiger partial charge is 0.422 e. The van der Waals surface area contributed by atoms with Crippen LogP contribution in [0.5, 0.6) is 5.88 Å². The van der Waals surface area contributed by atoms with Crippen molar-refractivity contribution in [3.05, 3.63) is 76.3 Å². The van der Waals surface area contributed by atoms with Crippen LogP contribution in [0.15, 0.2) is 63.8 Å². The first kappa shape index (κ1) is 22.3. The third-order valence-corrected chi connectivity index (χ3v) is 4.26. The van der Waals surface area contributed by atoms with Crippen LogP contribution in [0.25, 0.3) is 0 Å². The topological polar surface area (TPSA) is 93.5 Å². The van der Waals surface area contributed by atoms with Gasteiger partial charge in [-0.2, -0.15) is 13.2 Å². The SMILES string of the molecule is O=C(NCc1ccc(OCC(F)(F)F)nc1)c1ccc(NC(=O)c2ccc(Br)o2)cc1. The molecule has 2 aromatic heterocycles. The first-order valence-corrected chi connectivity index (χ1v) is 9.58. The van der Waals surface area contributed by atoms with Gasteiger partial charge in [0.15, 0.2) is 17.0 Å². The number of ether oxygens (including phenoxy) is 1. The van der Waals surface area contributed by atoms with Gasteiger partial charge in [0.25, 0.3) is 11.8 Å². The van der Waals surface area contributed by atoms with Crippen molar-refractivity contribution in [1.29, 1.82) is 0 Å². The molecule has 0 saturated carbocycles. The van der Waals surface area contributed by atoms with Crippen LogP contribution in [0, 0.1) is 0 Å². The summed E-state index contributed by atoms with van der Waals surface area (Å²) in [5.41, 5.74) is 1.42. The fraction of sp³-hybridized carbons (Fsp3) is 0.150. The van der Waals surface area contributed by atoms with E-state index in [1.54, 1.807) is 18.2 Å². The van der Waals surface area contributed by atoms with E-state index in [0.717, 1.165) is 0 Å². The third kappa shape index (κ3) is 6.85. The van der Waals surface area contributed by atoms with E-state index >= 15 is 0 Å². The van der Waals surface area contributed by atoms with Gasteiger partial charge in [-0.25, -0.2) is 4.98 Å². The number of halogens is 4. The van der Waals surface area contributed by atoms with E-state index in [2.05, 4.69) is 36.3 Å². The number of anilines is 1. The van der Waals surface area contributed by atoms with Crippen LogP contribution in [0.4, 0.5) is 18.9 Å². The number of aromatic nitrogens is 1. The van der Waals surface area contributed by atoms with Crippen LogP contribution in [0.3, 0.4) is 0 Å². The third-order valence-electron chi connectivity index (χ3n) is 3.84. The summed E-state index contributed by atoms with van der Waals surface area (Å²) in [4.78, 5) is 28.1. The van der Waals surface area contributed by atoms with E-state index < -0.39 is 18.7 Å². The number of carbonyl (C=O) groups is 2. The van der Waals surface area contributed by atoms with E-state index in [4.69, 9.17) is 4.42 Å². The average Bonchev–Trinajstić information content (AvgIpc) is 3.18. The van der Waals surface area contributed by atoms with E-state index in [9.17, 15) is 22.8 Å². The Morgan fingerprint density at radius 2 is 1.77 bits per heavy atom. The maximum atomic E-state index is 12.3. The lowest BCUT2D eigenvalue weighted by Crippen LogP contribution is -2.23. The highest BCUT2D eigenvalue weighted by atomic mass is 79.9. The van der Waals surface area contributed by atoms with Crippen LogP contribution in [0.1, 0.15) is 26.5 Å². The Labute approximate surface area is 182 Å². The standard InChI is InChI=1S/C20H15BrF3N3O4/c21-16-7-6-15(31-16)19(29)27-14-4-2-13(3-5-14)18(28)26-10-12-1-8-17(25-9-12)30-11-20(22,23)24/h1-9H,10-11H2,(H,26,28)(H,27,29). The molecular weight excluding hydrogens is 483 g/mol. The van der Waals surface area contributed by atoms with E-state index in [1.807, 2.05) is 0 Å². The van der Waals surface area contributed by atoms with Gasteiger partial charge in [-0.3, -0.25) is 9.59 Å². The van der Waals surface area contributed by atoms with Crippen molar-refractivity contribution in [2.24, 2.45) is 0 Å². The molecule has 2 heterocycles. The number of nitrogens with zero attached hydrogens (tertiary/aromatic N) is 1. The first-order chi connectivity index (χ1) is 14.7. The molecule has 3 rings (SSSR count). The van der Waals surface area contributed by atoms with Gasteiger partial charge in [-0.1, -0.05) is 6.07 Å². The molecule has 0 aliphatic rings. The van der Waals surface area contributed by atoms with Gasteiger partial charge < -0.3 is 19.8 Å². The molecule has 3 aromatic rings. The second-order valence-electron chi connectivity index (χ2n) is 6.23. The molecule has 0 bridgehead atoms. The van der Waals surface area contributed by atoms with Gasteiger partial charge in [0.2, 0.25) is 5.88 Å². The van der Waals surface area contributed by atoms with Crippen LogP contribution in [-0.4, -0.2) is 29.6 Å². The van der Waals surface area contributed by atoms with E-state index in [1.165, 1.54) is 36.5 Å². The molecule has 0 unspecified atom stereocenters. The van der Waals surface area contributed by atoms with Crippen LogP contribution >= 0.6 is 15.9 Å². The van der Waals surface area contributed by atoms with Crippen LogP contribution < -0.4 is 15.4 Å². The number of amides is 2. The van der Waals surface area contributed by atoms with Gasteiger partial charge in [-0.05, 0) is 57.9 Å². The molecule has 31 heavy (non-hydrogen) atoms. The van der Waals surface area contributed by atoms with E-state index in [0.29, 0.717) is 21.5 Å². The molecule has 1 aromatic carbocycles. The molecule has 7 nitrogen and oxygen atoms in total. The second-order valence-corrected chi connectivity index (χ2v) is 7.01. The summed E-state index contributed by atoms with van der Waals surface area (Å²) in [6, 6.07) is 12.1. The maximum absolute atomic E-state index is 12.3. The number of alkyl halides is 3. The number of hydrogen-bond donors (Lipinski definition) is 2. The summed E-state index contributed by atoms with van der Waals surface area (Å²) < 4.78 is 46.5. The minimum atomic E-state index is -4.44. The Hall–Kier alpha value is -3.34. The molecule has 0 aliphatic carbocycles. The highest BCUT2D eigenvalue weighted by Gasteiger charge is 2.28. The van der Waals surface area contributed by atoms with Crippen molar-refractivity contribution in [2.75, 3.05) is 11.9 Å². The minimum absolute atomic E-state index is 0.122. The number of carbonyl (C=O) groups excluding carboxylic acids is 2. The summed E-state index contributed by atoms with van der Waals surface area (Å²) in [5.74, 6) is -0.827. The molecule has 0 aliphatic heterocycles. The fourth-order valence-electron chi connectivity index (χ4n) is 2.38. The highest BCUT2D eigenvalue weighted by Crippen LogP contribution is 2.18. The Bertz CT molecular complexity index is 1050. The van der Waals surface area contributed by atoms with Gasteiger partial charge in [0.05, 0.1) is 0 Å². The molecule has 162 valence electrons. The normalized spacial score (nSPS) is 11.1. The second kappa shape index (κ2) is 9.65. The molecule has 0 fully saturated rings. The molecule has 0 saturated heterocycles. The molecular formula is C20H15BrF3N3O4. The van der Waals surface area contributed by atoms with Crippen molar-refractivity contribution in [3.8, 4) is 5.88 Å². The Kier molecular flexibility index (Phi) is 6.95. The number of benzene rings is 1. The number of pyridine rings is 1. The monoisotopic (exact) mass is 497 g/mol. The van der Waals surface area contributed by atoms with Gasteiger partial charge in [0, 0.05) is 30.1 Å². The molecule has 11 heteroatoms. The van der Waals surface area contributed by atoms with Crippen molar-refractivity contribution in [2.45, 2.75) is 12.7 Å². The maximum Gasteiger partial charge on any atom is 0.422 e. The van der Waals surface area contributed by atoms with Crippen LogP contribution in [0.2, 0.25) is 0 Å². The van der Waals surface area contributed by atoms with Crippen molar-refractivity contribution < 1.29 is 31.9 Å². The quantitative estimate of drug-likeness (QED) is 0.499. The summed E-state index contributed by atoms with van der Waals surface area (Å²) in [6.45, 7) is -1.30. The lowest BCUT2D eigenvalue weighted by Gasteiger charge is -2.09. The van der Waals surface area contributed by atoms with Crippen molar-refractivity contribution >= 4 is 33.4 Å². The lowest BCUT2D eigenvalue weighted by atomic mass is 10.2. The van der Waals surface area contributed by atoms with Crippen molar-refractivity contribution in [3.63, 3.8) is 0 Å². The zero-order valence-electron chi connectivity index (χ0n) is 15.7. The van der Waals surface area contributed by atoms with Crippen molar-refractivity contribution in [1.82, 2.24) is 10.3 Å². The van der Waals surface area contributed by atoms with Gasteiger partial charge in [-0.15, -0.1) is 0 Å². The number of hydrogen-bond acceptors (Lipinski definition) is 5. The molecule has 2 N–H and O–H groups in total. The molecule has 0 atom stereocenters. The summed E-state index contributed by atoms with van der Waals surface area (Å²) in [7, 11) is 0. The molecule has 2 amide bonds. The Morgan fingerprint density at radius 3 is 2.35 bits per heavy atom. The van der Waals surface area contributed by atoms with Gasteiger partial charge in [0.1, 0.15) is 0 Å². The zero-order valence-corrected chi connectivity index (χ0v) is 17.3. The number of furan rings is 1. The number of nitrogens with one attached hydrogen (secondary N) is 2. The lowest BCUT2D eigenvalue weighted by molar-refractivity contribution is -0.154. The first-order valence-electron chi connectivity index (χ1n) is 8.79. The summed E-state index contributed by atoms with van der Waals surface area (Å²) >= 11 is 3.12. The summed E-state index contributed by atoms with van der Waals surface area (Å²) in [5, 5.41) is 5.32. The number of rotatable bonds is 7. The highest BCUT2D eigenvalue weighted by molar-refractivity contribution is 9.10. The zero-order chi connectivity index (χ0) is 22.4. The fourth-order valence-corrected chi connectivity index (χ4v) is 2.68. The largest absolute Gasteiger partial charge is 0.468 e. The Balaban J connectivity index is 1.49. The summed E-state index contributed by atoms with van der Waals surface area (Å²) in [6.07, 6.45) is -3.12. The predicted molar refractivity (Wildman–Crippen MR) is 108 cm³/mol. The van der Waals surface area contributed by atoms with E-state index in [-0.39, 0.29) is 24.1 Å². The van der Waals surface area contributed by atoms with Gasteiger partial charge >= 0.3 is 6.18 Å².